The number of amides is 1. The lowest BCUT2D eigenvalue weighted by Crippen LogP contribution is -2.21. The summed E-state index contributed by atoms with van der Waals surface area (Å²) >= 11 is 4.78. The van der Waals surface area contributed by atoms with Gasteiger partial charge >= 0.3 is 0 Å². The second-order valence-corrected chi connectivity index (χ2v) is 7.62. The number of hydrazone groups is 1. The molecular weight excluding hydrogens is 426 g/mol. The maximum Gasteiger partial charge on any atom is 0.250 e. The molecule has 0 unspecified atom stereocenters. The summed E-state index contributed by atoms with van der Waals surface area (Å²) in [5.74, 6) is 0.759. The summed E-state index contributed by atoms with van der Waals surface area (Å²) in [4.78, 5) is 12.1. The van der Waals surface area contributed by atoms with Crippen LogP contribution < -0.4 is 5.43 Å². The number of nitrogens with zero attached hydrogens (tertiary/aromatic N) is 4. The van der Waals surface area contributed by atoms with Crippen LogP contribution in [0.5, 0.6) is 0 Å². The Balaban J connectivity index is 1.60. The lowest BCUT2D eigenvalue weighted by molar-refractivity contribution is -0.118. The highest BCUT2D eigenvalue weighted by Crippen LogP contribution is 2.24. The number of carbonyl (C=O) groups excluding carboxylic acids is 1. The maximum absolute atomic E-state index is 12.1. The standard InChI is InChI=1S/C19H18BrN5OS/c1-13(14-7-4-3-5-8-14)21-22-17(26)12-27-19-24-23-18(25(19)2)15-9-6-10-16(20)11-15/h3-11H,12H2,1-2H3,(H,22,26)/b21-13+. The second kappa shape index (κ2) is 8.96. The summed E-state index contributed by atoms with van der Waals surface area (Å²) < 4.78 is 2.85. The van der Waals surface area contributed by atoms with Gasteiger partial charge in [-0.05, 0) is 24.6 Å². The van der Waals surface area contributed by atoms with Gasteiger partial charge in [-0.2, -0.15) is 5.10 Å². The van der Waals surface area contributed by atoms with Crippen LogP contribution in [-0.4, -0.2) is 32.1 Å². The van der Waals surface area contributed by atoms with Crippen LogP contribution in [0.4, 0.5) is 0 Å². The average molecular weight is 444 g/mol. The molecule has 0 aliphatic rings. The fourth-order valence-corrected chi connectivity index (χ4v) is 3.47. The molecule has 1 N–H and O–H groups in total. The van der Waals surface area contributed by atoms with Crippen LogP contribution in [0.3, 0.4) is 0 Å². The first-order valence-electron chi connectivity index (χ1n) is 8.21. The molecule has 0 atom stereocenters. The van der Waals surface area contributed by atoms with Crippen molar-refractivity contribution in [1.29, 1.82) is 0 Å². The van der Waals surface area contributed by atoms with E-state index in [1.807, 2.05) is 73.1 Å². The number of carbonyl (C=O) groups is 1. The van der Waals surface area contributed by atoms with Crippen molar-refractivity contribution in [3.8, 4) is 11.4 Å². The Hall–Kier alpha value is -2.45. The van der Waals surface area contributed by atoms with Crippen molar-refractivity contribution >= 4 is 39.3 Å². The van der Waals surface area contributed by atoms with E-state index in [0.717, 1.165) is 27.1 Å². The van der Waals surface area contributed by atoms with Gasteiger partial charge in [0.15, 0.2) is 11.0 Å². The van der Waals surface area contributed by atoms with Crippen molar-refractivity contribution < 1.29 is 4.79 Å². The fourth-order valence-electron chi connectivity index (χ4n) is 2.37. The van der Waals surface area contributed by atoms with E-state index < -0.39 is 0 Å². The summed E-state index contributed by atoms with van der Waals surface area (Å²) in [5, 5.41) is 13.2. The van der Waals surface area contributed by atoms with Gasteiger partial charge in [0.1, 0.15) is 0 Å². The molecule has 0 bridgehead atoms. The third kappa shape index (κ3) is 5.05. The molecule has 8 heteroatoms. The molecule has 0 fully saturated rings. The number of hydrogen-bond acceptors (Lipinski definition) is 5. The molecular formula is C19H18BrN5OS. The van der Waals surface area contributed by atoms with Crippen molar-refractivity contribution in [2.75, 3.05) is 5.75 Å². The van der Waals surface area contributed by atoms with Crippen molar-refractivity contribution in [1.82, 2.24) is 20.2 Å². The lowest BCUT2D eigenvalue weighted by atomic mass is 10.1. The van der Waals surface area contributed by atoms with E-state index in [2.05, 4.69) is 36.7 Å². The van der Waals surface area contributed by atoms with Crippen LogP contribution in [0.15, 0.2) is 69.3 Å². The minimum atomic E-state index is -0.192. The molecule has 0 saturated carbocycles. The van der Waals surface area contributed by atoms with Crippen LogP contribution in [-0.2, 0) is 11.8 Å². The predicted molar refractivity (Wildman–Crippen MR) is 112 cm³/mol. The molecule has 0 radical (unpaired) electrons. The molecule has 0 saturated heterocycles. The fraction of sp³-hybridized carbons (Fsp3) is 0.158. The van der Waals surface area contributed by atoms with E-state index in [9.17, 15) is 4.79 Å². The number of aromatic nitrogens is 3. The van der Waals surface area contributed by atoms with Crippen LogP contribution in [0.25, 0.3) is 11.4 Å². The molecule has 0 aliphatic carbocycles. The highest BCUT2D eigenvalue weighted by atomic mass is 79.9. The van der Waals surface area contributed by atoms with E-state index in [4.69, 9.17) is 0 Å². The molecule has 0 aliphatic heterocycles. The Labute approximate surface area is 170 Å². The minimum Gasteiger partial charge on any atom is -0.305 e. The Bertz CT molecular complexity index is 971. The highest BCUT2D eigenvalue weighted by molar-refractivity contribution is 9.10. The SMILES string of the molecule is C/C(=N\NC(=O)CSc1nnc(-c2cccc(Br)c2)n1C)c1ccccc1. The van der Waals surface area contributed by atoms with Crippen LogP contribution in [0.2, 0.25) is 0 Å². The van der Waals surface area contributed by atoms with Gasteiger partial charge in [-0.15, -0.1) is 10.2 Å². The Morgan fingerprint density at radius 1 is 1.19 bits per heavy atom. The van der Waals surface area contributed by atoms with Gasteiger partial charge in [-0.3, -0.25) is 4.79 Å². The van der Waals surface area contributed by atoms with Gasteiger partial charge in [0, 0.05) is 17.1 Å². The van der Waals surface area contributed by atoms with E-state index in [1.165, 1.54) is 11.8 Å². The molecule has 6 nitrogen and oxygen atoms in total. The van der Waals surface area contributed by atoms with Crippen molar-refractivity contribution in [3.05, 3.63) is 64.6 Å². The molecule has 1 heterocycles. The summed E-state index contributed by atoms with van der Waals surface area (Å²) in [6, 6.07) is 17.6. The van der Waals surface area contributed by atoms with Crippen molar-refractivity contribution in [2.45, 2.75) is 12.1 Å². The first-order valence-corrected chi connectivity index (χ1v) is 9.99. The zero-order valence-electron chi connectivity index (χ0n) is 14.9. The summed E-state index contributed by atoms with van der Waals surface area (Å²) in [6.45, 7) is 1.86. The molecule has 2 aromatic carbocycles. The maximum atomic E-state index is 12.1. The van der Waals surface area contributed by atoms with E-state index in [-0.39, 0.29) is 11.7 Å². The van der Waals surface area contributed by atoms with Gasteiger partial charge in [0.25, 0.3) is 5.91 Å². The summed E-state index contributed by atoms with van der Waals surface area (Å²) in [5.41, 5.74) is 5.26. The molecule has 3 rings (SSSR count). The van der Waals surface area contributed by atoms with Gasteiger partial charge in [-0.25, -0.2) is 5.43 Å². The Morgan fingerprint density at radius 3 is 2.70 bits per heavy atom. The number of hydrogen-bond donors (Lipinski definition) is 1. The van der Waals surface area contributed by atoms with Gasteiger partial charge in [0.2, 0.25) is 0 Å². The molecule has 27 heavy (non-hydrogen) atoms. The van der Waals surface area contributed by atoms with Crippen molar-refractivity contribution in [2.24, 2.45) is 12.1 Å². The first kappa shape index (κ1) is 19.3. The molecule has 1 aromatic heterocycles. The number of benzene rings is 2. The topological polar surface area (TPSA) is 72.2 Å². The van der Waals surface area contributed by atoms with Crippen LogP contribution >= 0.6 is 27.7 Å². The number of rotatable bonds is 6. The van der Waals surface area contributed by atoms with Crippen molar-refractivity contribution in [3.63, 3.8) is 0 Å². The lowest BCUT2D eigenvalue weighted by Gasteiger charge is -2.05. The molecule has 3 aromatic rings. The normalized spacial score (nSPS) is 11.4. The number of halogens is 1. The van der Waals surface area contributed by atoms with E-state index in [0.29, 0.717) is 5.16 Å². The molecule has 1 amide bonds. The van der Waals surface area contributed by atoms with Crippen LogP contribution in [0, 0.1) is 0 Å². The molecule has 0 spiro atoms. The first-order chi connectivity index (χ1) is 13.0. The zero-order chi connectivity index (χ0) is 19.2. The zero-order valence-corrected chi connectivity index (χ0v) is 17.3. The summed E-state index contributed by atoms with van der Waals surface area (Å²) in [6.07, 6.45) is 0. The minimum absolute atomic E-state index is 0.192. The quantitative estimate of drug-likeness (QED) is 0.356. The Morgan fingerprint density at radius 2 is 1.96 bits per heavy atom. The highest BCUT2D eigenvalue weighted by Gasteiger charge is 2.13. The smallest absolute Gasteiger partial charge is 0.250 e. The van der Waals surface area contributed by atoms with E-state index in [1.54, 1.807) is 0 Å². The average Bonchev–Trinajstić information content (AvgIpc) is 3.05. The largest absolute Gasteiger partial charge is 0.305 e. The third-order valence-corrected chi connectivity index (χ3v) is 5.30. The second-order valence-electron chi connectivity index (χ2n) is 5.76. The van der Waals surface area contributed by atoms with Gasteiger partial charge in [-0.1, -0.05) is 70.2 Å². The van der Waals surface area contributed by atoms with Crippen LogP contribution in [0.1, 0.15) is 12.5 Å². The van der Waals surface area contributed by atoms with E-state index >= 15 is 0 Å². The monoisotopic (exact) mass is 443 g/mol. The molecule has 138 valence electrons. The van der Waals surface area contributed by atoms with Gasteiger partial charge < -0.3 is 4.57 Å². The summed E-state index contributed by atoms with van der Waals surface area (Å²) in [7, 11) is 1.88. The predicted octanol–water partition coefficient (Wildman–Crippen LogP) is 3.88. The van der Waals surface area contributed by atoms with Gasteiger partial charge in [0.05, 0.1) is 11.5 Å². The third-order valence-electron chi connectivity index (χ3n) is 3.79. The number of nitrogens with one attached hydrogen (secondary N) is 1. The number of thioether (sulfide) groups is 1. The Kier molecular flexibility index (Phi) is 6.41.